The number of hydrogen-bond donors (Lipinski definition) is 1. The lowest BCUT2D eigenvalue weighted by Gasteiger charge is -2.17. The van der Waals surface area contributed by atoms with Gasteiger partial charge in [-0.15, -0.1) is 0 Å². The maximum absolute atomic E-state index is 13.7. The Labute approximate surface area is 119 Å². The fourth-order valence-corrected chi connectivity index (χ4v) is 2.45. The van der Waals surface area contributed by atoms with Crippen molar-refractivity contribution in [2.45, 2.75) is 12.5 Å². The van der Waals surface area contributed by atoms with Crippen LogP contribution < -0.4 is 5.32 Å². The second-order valence-electron chi connectivity index (χ2n) is 4.31. The predicted octanol–water partition coefficient (Wildman–Crippen LogP) is 4.23. The van der Waals surface area contributed by atoms with E-state index in [2.05, 4.69) is 21.2 Å². The van der Waals surface area contributed by atoms with Gasteiger partial charge in [0.2, 0.25) is 0 Å². The Bertz CT molecular complexity index is 572. The second-order valence-corrected chi connectivity index (χ2v) is 5.23. The molecule has 0 spiro atoms. The lowest BCUT2D eigenvalue weighted by molar-refractivity contribution is 0.487. The minimum atomic E-state index is -0.804. The van der Waals surface area contributed by atoms with Crippen LogP contribution in [-0.4, -0.2) is 7.05 Å². The van der Waals surface area contributed by atoms with Gasteiger partial charge < -0.3 is 5.32 Å². The molecule has 4 heteroatoms. The highest BCUT2D eigenvalue weighted by atomic mass is 79.9. The molecule has 0 aliphatic carbocycles. The van der Waals surface area contributed by atoms with Gasteiger partial charge >= 0.3 is 0 Å². The molecule has 19 heavy (non-hydrogen) atoms. The monoisotopic (exact) mass is 325 g/mol. The molecule has 2 rings (SSSR count). The molecule has 100 valence electrons. The molecular formula is C15H14BrF2N. The molecule has 0 amide bonds. The highest BCUT2D eigenvalue weighted by Gasteiger charge is 2.15. The van der Waals surface area contributed by atoms with E-state index in [1.54, 1.807) is 6.07 Å². The van der Waals surface area contributed by atoms with Crippen molar-refractivity contribution in [1.29, 1.82) is 0 Å². The van der Waals surface area contributed by atoms with E-state index in [1.165, 1.54) is 6.07 Å². The zero-order valence-corrected chi connectivity index (χ0v) is 12.0. The average molecular weight is 326 g/mol. The van der Waals surface area contributed by atoms with E-state index < -0.39 is 11.6 Å². The summed E-state index contributed by atoms with van der Waals surface area (Å²) < 4.78 is 27.8. The standard InChI is InChI=1S/C15H14BrF2N/c1-19-14(10-4-2-6-12(16)8-10)9-11-5-3-7-13(17)15(11)18/h2-8,14,19H,9H2,1H3. The molecule has 0 aliphatic rings. The van der Waals surface area contributed by atoms with Crippen LogP contribution in [0.3, 0.4) is 0 Å². The summed E-state index contributed by atoms with van der Waals surface area (Å²) in [6.07, 6.45) is 0.399. The Morgan fingerprint density at radius 3 is 2.58 bits per heavy atom. The van der Waals surface area contributed by atoms with Gasteiger partial charge in [0.1, 0.15) is 0 Å². The van der Waals surface area contributed by atoms with Gasteiger partial charge in [0.05, 0.1) is 0 Å². The minimum absolute atomic E-state index is 0.0613. The van der Waals surface area contributed by atoms with E-state index >= 15 is 0 Å². The van der Waals surface area contributed by atoms with E-state index in [9.17, 15) is 8.78 Å². The first-order chi connectivity index (χ1) is 9.11. The number of rotatable bonds is 4. The summed E-state index contributed by atoms with van der Waals surface area (Å²) in [7, 11) is 1.81. The minimum Gasteiger partial charge on any atom is -0.313 e. The van der Waals surface area contributed by atoms with E-state index in [4.69, 9.17) is 0 Å². The molecule has 0 saturated heterocycles. The molecule has 0 bridgehead atoms. The largest absolute Gasteiger partial charge is 0.313 e. The summed E-state index contributed by atoms with van der Waals surface area (Å²) in [4.78, 5) is 0. The van der Waals surface area contributed by atoms with Crippen LogP contribution in [0.15, 0.2) is 46.9 Å². The van der Waals surface area contributed by atoms with Gasteiger partial charge in [-0.25, -0.2) is 8.78 Å². The number of halogens is 3. The summed E-state index contributed by atoms with van der Waals surface area (Å²) in [6.45, 7) is 0. The Hall–Kier alpha value is -1.26. The third-order valence-corrected chi connectivity index (χ3v) is 3.55. The zero-order chi connectivity index (χ0) is 13.8. The SMILES string of the molecule is CNC(Cc1cccc(F)c1F)c1cccc(Br)c1. The van der Waals surface area contributed by atoms with Crippen LogP contribution in [0.1, 0.15) is 17.2 Å². The molecule has 0 heterocycles. The van der Waals surface area contributed by atoms with Crippen LogP contribution in [0.2, 0.25) is 0 Å². The highest BCUT2D eigenvalue weighted by Crippen LogP contribution is 2.23. The van der Waals surface area contributed by atoms with Crippen LogP contribution in [0.5, 0.6) is 0 Å². The molecule has 0 radical (unpaired) electrons. The van der Waals surface area contributed by atoms with Crippen molar-refractivity contribution in [2.75, 3.05) is 7.05 Å². The van der Waals surface area contributed by atoms with Gasteiger partial charge in [-0.2, -0.15) is 0 Å². The summed E-state index contributed by atoms with van der Waals surface area (Å²) in [5.41, 5.74) is 1.40. The van der Waals surface area contributed by atoms with E-state index in [0.717, 1.165) is 16.1 Å². The lowest BCUT2D eigenvalue weighted by Crippen LogP contribution is -2.19. The molecule has 1 nitrogen and oxygen atoms in total. The highest BCUT2D eigenvalue weighted by molar-refractivity contribution is 9.10. The van der Waals surface area contributed by atoms with Crippen molar-refractivity contribution in [3.63, 3.8) is 0 Å². The van der Waals surface area contributed by atoms with Crippen molar-refractivity contribution >= 4 is 15.9 Å². The molecule has 0 fully saturated rings. The van der Waals surface area contributed by atoms with E-state index in [0.29, 0.717) is 12.0 Å². The Morgan fingerprint density at radius 2 is 1.89 bits per heavy atom. The topological polar surface area (TPSA) is 12.0 Å². The number of likely N-dealkylation sites (N-methyl/N-ethyl adjacent to an activating group) is 1. The molecule has 2 aromatic carbocycles. The quantitative estimate of drug-likeness (QED) is 0.887. The number of benzene rings is 2. The Balaban J connectivity index is 2.26. The van der Waals surface area contributed by atoms with Crippen LogP contribution >= 0.6 is 15.9 Å². The van der Waals surface area contributed by atoms with Crippen molar-refractivity contribution in [3.8, 4) is 0 Å². The van der Waals surface area contributed by atoms with Crippen LogP contribution in [0.25, 0.3) is 0 Å². The number of nitrogens with one attached hydrogen (secondary N) is 1. The fourth-order valence-electron chi connectivity index (χ4n) is 2.04. The van der Waals surface area contributed by atoms with Gasteiger partial charge in [-0.1, -0.05) is 40.2 Å². The lowest BCUT2D eigenvalue weighted by atomic mass is 9.98. The Morgan fingerprint density at radius 1 is 1.16 bits per heavy atom. The molecule has 1 N–H and O–H groups in total. The van der Waals surface area contributed by atoms with Crippen molar-refractivity contribution < 1.29 is 8.78 Å². The Kier molecular flexibility index (Phi) is 4.66. The summed E-state index contributed by atoms with van der Waals surface area (Å²) in [5, 5.41) is 3.13. The van der Waals surface area contributed by atoms with Gasteiger partial charge in [0, 0.05) is 10.5 Å². The summed E-state index contributed by atoms with van der Waals surface area (Å²) in [5.74, 6) is -1.57. The molecule has 1 atom stereocenters. The van der Waals surface area contributed by atoms with Crippen LogP contribution in [-0.2, 0) is 6.42 Å². The molecule has 2 aromatic rings. The van der Waals surface area contributed by atoms with Crippen molar-refractivity contribution in [2.24, 2.45) is 0 Å². The molecule has 0 saturated carbocycles. The molecule has 0 aromatic heterocycles. The number of hydrogen-bond acceptors (Lipinski definition) is 1. The average Bonchev–Trinajstić information content (AvgIpc) is 2.40. The van der Waals surface area contributed by atoms with E-state index in [-0.39, 0.29) is 6.04 Å². The zero-order valence-electron chi connectivity index (χ0n) is 10.5. The van der Waals surface area contributed by atoms with Crippen LogP contribution in [0.4, 0.5) is 8.78 Å². The molecular weight excluding hydrogens is 312 g/mol. The molecule has 1 unspecified atom stereocenters. The van der Waals surface area contributed by atoms with Gasteiger partial charge in [0.15, 0.2) is 11.6 Å². The summed E-state index contributed by atoms with van der Waals surface area (Å²) >= 11 is 3.41. The first-order valence-corrected chi connectivity index (χ1v) is 6.76. The first-order valence-electron chi connectivity index (χ1n) is 5.97. The maximum atomic E-state index is 13.7. The second kappa shape index (κ2) is 6.26. The van der Waals surface area contributed by atoms with Gasteiger partial charge in [0.25, 0.3) is 0 Å². The smallest absolute Gasteiger partial charge is 0.162 e. The van der Waals surface area contributed by atoms with Gasteiger partial charge in [-0.3, -0.25) is 0 Å². The summed E-state index contributed by atoms with van der Waals surface area (Å²) in [6, 6.07) is 12.0. The normalized spacial score (nSPS) is 12.4. The first kappa shape index (κ1) is 14.2. The van der Waals surface area contributed by atoms with Crippen LogP contribution in [0, 0.1) is 11.6 Å². The van der Waals surface area contributed by atoms with Crippen molar-refractivity contribution in [3.05, 3.63) is 69.7 Å². The predicted molar refractivity (Wildman–Crippen MR) is 76.0 cm³/mol. The third kappa shape index (κ3) is 3.39. The van der Waals surface area contributed by atoms with Gasteiger partial charge in [-0.05, 0) is 42.8 Å². The molecule has 0 aliphatic heterocycles. The maximum Gasteiger partial charge on any atom is 0.162 e. The van der Waals surface area contributed by atoms with Crippen molar-refractivity contribution in [1.82, 2.24) is 5.32 Å². The fraction of sp³-hybridized carbons (Fsp3) is 0.200. The third-order valence-electron chi connectivity index (χ3n) is 3.06. The van der Waals surface area contributed by atoms with E-state index in [1.807, 2.05) is 31.3 Å².